The summed E-state index contributed by atoms with van der Waals surface area (Å²) in [7, 11) is 0. The minimum Gasteiger partial charge on any atom is -0.444 e. The number of rotatable bonds is 1. The van der Waals surface area contributed by atoms with Gasteiger partial charge in [-0.2, -0.15) is 5.10 Å². The van der Waals surface area contributed by atoms with Crippen molar-refractivity contribution in [2.45, 2.75) is 58.6 Å². The van der Waals surface area contributed by atoms with Crippen molar-refractivity contribution in [1.29, 1.82) is 0 Å². The smallest absolute Gasteiger partial charge is 0.410 e. The topological polar surface area (TPSA) is 59.7 Å². The number of imidazole rings is 1. The first kappa shape index (κ1) is 17.0. The molecule has 1 atom stereocenters. The van der Waals surface area contributed by atoms with Crippen LogP contribution in [-0.2, 0) is 4.74 Å². The summed E-state index contributed by atoms with van der Waals surface area (Å²) in [6.45, 7) is 8.22. The van der Waals surface area contributed by atoms with E-state index in [9.17, 15) is 4.79 Å². The number of nitrogens with zero attached hydrogens (tertiary/aromatic N) is 4. The van der Waals surface area contributed by atoms with Crippen molar-refractivity contribution < 1.29 is 9.53 Å². The molecule has 0 radical (unpaired) electrons. The third-order valence-corrected chi connectivity index (χ3v) is 4.45. The molecular formula is C17H23ClN4O2. The van der Waals surface area contributed by atoms with Gasteiger partial charge in [0.15, 0.2) is 10.8 Å². The van der Waals surface area contributed by atoms with Gasteiger partial charge in [-0.1, -0.05) is 11.6 Å². The molecule has 0 saturated carbocycles. The molecule has 1 unspecified atom stereocenters. The molecule has 1 aliphatic rings. The molecule has 0 aliphatic carbocycles. The SMILES string of the molecule is Cc1cc2nc(C3CCCCN3C(=O)OC(C)(C)C)cn2nc1Cl. The predicted octanol–water partition coefficient (Wildman–Crippen LogP) is 4.15. The standard InChI is InChI=1S/C17H23ClN4O2/c1-11-9-14-19-12(10-22(14)20-15(11)18)13-7-5-6-8-21(13)16(23)24-17(2,3)4/h9-10,13H,5-8H2,1-4H3. The number of aryl methyl sites for hydroxylation is 1. The fraction of sp³-hybridized carbons (Fsp3) is 0.588. The number of hydrogen-bond acceptors (Lipinski definition) is 4. The van der Waals surface area contributed by atoms with Gasteiger partial charge in [0.05, 0.1) is 17.9 Å². The van der Waals surface area contributed by atoms with Gasteiger partial charge >= 0.3 is 6.09 Å². The van der Waals surface area contributed by atoms with Gasteiger partial charge in [0.1, 0.15) is 5.60 Å². The second-order valence-corrected chi connectivity index (χ2v) is 7.63. The Labute approximate surface area is 146 Å². The van der Waals surface area contributed by atoms with Crippen LogP contribution < -0.4 is 0 Å². The summed E-state index contributed by atoms with van der Waals surface area (Å²) in [6.07, 6.45) is 4.48. The monoisotopic (exact) mass is 350 g/mol. The van der Waals surface area contributed by atoms with Gasteiger partial charge in [-0.3, -0.25) is 4.90 Å². The molecule has 2 aromatic heterocycles. The van der Waals surface area contributed by atoms with E-state index in [2.05, 4.69) is 10.1 Å². The van der Waals surface area contributed by atoms with Crippen LogP contribution in [-0.4, -0.2) is 37.7 Å². The Morgan fingerprint density at radius 2 is 2.12 bits per heavy atom. The molecule has 0 N–H and O–H groups in total. The van der Waals surface area contributed by atoms with Crippen LogP contribution in [0.3, 0.4) is 0 Å². The molecule has 0 spiro atoms. The van der Waals surface area contributed by atoms with Gasteiger partial charge in [0.2, 0.25) is 0 Å². The fourth-order valence-corrected chi connectivity index (χ4v) is 3.08. The second kappa shape index (κ2) is 6.24. The Balaban J connectivity index is 1.91. The molecule has 3 rings (SSSR count). The third kappa shape index (κ3) is 3.48. The molecule has 130 valence electrons. The predicted molar refractivity (Wildman–Crippen MR) is 92.3 cm³/mol. The van der Waals surface area contributed by atoms with E-state index in [1.165, 1.54) is 0 Å². The van der Waals surface area contributed by atoms with Crippen molar-refractivity contribution in [1.82, 2.24) is 19.5 Å². The molecule has 6 nitrogen and oxygen atoms in total. The number of likely N-dealkylation sites (tertiary alicyclic amines) is 1. The van der Waals surface area contributed by atoms with Crippen LogP contribution in [0.2, 0.25) is 5.15 Å². The molecule has 1 amide bonds. The lowest BCUT2D eigenvalue weighted by molar-refractivity contribution is 0.00906. The number of piperidine rings is 1. The Bertz CT molecular complexity index is 727. The summed E-state index contributed by atoms with van der Waals surface area (Å²) < 4.78 is 7.23. The Morgan fingerprint density at radius 3 is 2.83 bits per heavy atom. The molecule has 7 heteroatoms. The minimum atomic E-state index is -0.510. The number of halogens is 1. The number of carbonyl (C=O) groups is 1. The van der Waals surface area contributed by atoms with Gasteiger partial charge in [-0.15, -0.1) is 0 Å². The lowest BCUT2D eigenvalue weighted by Gasteiger charge is -2.35. The molecule has 0 aromatic carbocycles. The largest absolute Gasteiger partial charge is 0.444 e. The maximum Gasteiger partial charge on any atom is 0.410 e. The van der Waals surface area contributed by atoms with Crippen LogP contribution in [0.5, 0.6) is 0 Å². The fourth-order valence-electron chi connectivity index (χ4n) is 2.95. The molecule has 3 heterocycles. The van der Waals surface area contributed by atoms with Crippen LogP contribution >= 0.6 is 11.6 Å². The number of aromatic nitrogens is 3. The van der Waals surface area contributed by atoms with Gasteiger partial charge in [0, 0.05) is 6.54 Å². The van der Waals surface area contributed by atoms with Crippen molar-refractivity contribution >= 4 is 23.3 Å². The van der Waals surface area contributed by atoms with Crippen molar-refractivity contribution in [3.8, 4) is 0 Å². The van der Waals surface area contributed by atoms with Gasteiger partial charge in [-0.25, -0.2) is 14.3 Å². The molecule has 2 aromatic rings. The summed E-state index contributed by atoms with van der Waals surface area (Å²) in [5, 5.41) is 4.76. The molecule has 0 bridgehead atoms. The zero-order valence-electron chi connectivity index (χ0n) is 14.5. The van der Waals surface area contributed by atoms with E-state index in [1.807, 2.05) is 40.0 Å². The summed E-state index contributed by atoms with van der Waals surface area (Å²) in [6, 6.07) is 1.81. The normalized spacial score (nSPS) is 18.9. The first-order valence-corrected chi connectivity index (χ1v) is 8.64. The summed E-state index contributed by atoms with van der Waals surface area (Å²) in [5.41, 5.74) is 1.94. The number of amides is 1. The Kier molecular flexibility index (Phi) is 4.42. The Morgan fingerprint density at radius 1 is 1.38 bits per heavy atom. The molecule has 1 aliphatic heterocycles. The first-order valence-electron chi connectivity index (χ1n) is 8.26. The summed E-state index contributed by atoms with van der Waals surface area (Å²) in [4.78, 5) is 19.0. The number of ether oxygens (including phenoxy) is 1. The number of hydrogen-bond donors (Lipinski definition) is 0. The third-order valence-electron chi connectivity index (χ3n) is 4.07. The van der Waals surface area contributed by atoms with E-state index in [0.717, 1.165) is 36.2 Å². The number of fused-ring (bicyclic) bond motifs is 1. The molecular weight excluding hydrogens is 328 g/mol. The first-order chi connectivity index (χ1) is 11.2. The zero-order chi connectivity index (χ0) is 17.5. The van der Waals surface area contributed by atoms with Gasteiger partial charge in [0.25, 0.3) is 0 Å². The van der Waals surface area contributed by atoms with Crippen molar-refractivity contribution in [3.05, 3.63) is 28.7 Å². The highest BCUT2D eigenvalue weighted by Crippen LogP contribution is 2.32. The van der Waals surface area contributed by atoms with Crippen molar-refractivity contribution in [3.63, 3.8) is 0 Å². The molecule has 1 fully saturated rings. The van der Waals surface area contributed by atoms with Crippen LogP contribution in [0.4, 0.5) is 4.79 Å². The Hall–Kier alpha value is -1.82. The van der Waals surface area contributed by atoms with E-state index in [-0.39, 0.29) is 12.1 Å². The highest BCUT2D eigenvalue weighted by molar-refractivity contribution is 6.30. The van der Waals surface area contributed by atoms with Crippen LogP contribution in [0.25, 0.3) is 5.65 Å². The van der Waals surface area contributed by atoms with Crippen molar-refractivity contribution in [2.24, 2.45) is 0 Å². The van der Waals surface area contributed by atoms with Crippen LogP contribution in [0, 0.1) is 6.92 Å². The second-order valence-electron chi connectivity index (χ2n) is 7.27. The quantitative estimate of drug-likeness (QED) is 0.775. The summed E-state index contributed by atoms with van der Waals surface area (Å²) in [5.74, 6) is 0. The van der Waals surface area contributed by atoms with E-state index in [1.54, 1.807) is 9.42 Å². The van der Waals surface area contributed by atoms with Crippen LogP contribution in [0.15, 0.2) is 12.3 Å². The van der Waals surface area contributed by atoms with Crippen molar-refractivity contribution in [2.75, 3.05) is 6.54 Å². The minimum absolute atomic E-state index is 0.0885. The molecule has 24 heavy (non-hydrogen) atoms. The van der Waals surface area contributed by atoms with Gasteiger partial charge in [-0.05, 0) is 58.6 Å². The zero-order valence-corrected chi connectivity index (χ0v) is 15.3. The molecule has 1 saturated heterocycles. The van der Waals surface area contributed by atoms with Crippen LogP contribution in [0.1, 0.15) is 57.3 Å². The van der Waals surface area contributed by atoms with E-state index in [0.29, 0.717) is 11.7 Å². The van der Waals surface area contributed by atoms with E-state index < -0.39 is 5.60 Å². The lowest BCUT2D eigenvalue weighted by atomic mass is 10.0. The van der Waals surface area contributed by atoms with Gasteiger partial charge < -0.3 is 4.74 Å². The maximum atomic E-state index is 12.6. The maximum absolute atomic E-state index is 12.6. The number of carbonyl (C=O) groups excluding carboxylic acids is 1. The average Bonchev–Trinajstić information content (AvgIpc) is 2.88. The lowest BCUT2D eigenvalue weighted by Crippen LogP contribution is -2.42. The highest BCUT2D eigenvalue weighted by atomic mass is 35.5. The van der Waals surface area contributed by atoms with E-state index in [4.69, 9.17) is 16.3 Å². The van der Waals surface area contributed by atoms with E-state index >= 15 is 0 Å². The summed E-state index contributed by atoms with van der Waals surface area (Å²) >= 11 is 6.09. The highest BCUT2D eigenvalue weighted by Gasteiger charge is 2.33. The average molecular weight is 351 g/mol.